The Bertz CT molecular complexity index is 414. The van der Waals surface area contributed by atoms with Crippen molar-refractivity contribution in [1.82, 2.24) is 19.7 Å². The number of rotatable bonds is 3. The molecule has 3 atom stereocenters. The first-order valence-electron chi connectivity index (χ1n) is 7.83. The molecule has 0 aromatic carbocycles. The highest BCUT2D eigenvalue weighted by Crippen LogP contribution is 2.35. The van der Waals surface area contributed by atoms with Crippen LogP contribution >= 0.6 is 0 Å². The molecule has 1 aliphatic carbocycles. The van der Waals surface area contributed by atoms with Crippen LogP contribution in [0.3, 0.4) is 0 Å². The van der Waals surface area contributed by atoms with E-state index in [1.165, 1.54) is 51.6 Å². The minimum Gasteiger partial charge on any atom is -0.319 e. The maximum atomic E-state index is 4.33. The summed E-state index contributed by atoms with van der Waals surface area (Å²) < 4.78 is 2.09. The molecule has 1 saturated heterocycles. The normalized spacial score (nSPS) is 32.8. The lowest BCUT2D eigenvalue weighted by Crippen LogP contribution is -2.34. The first kappa shape index (κ1) is 13.1. The molecule has 1 aliphatic heterocycles. The standard InChI is InChI=1S/C15H26N4/c1-12-6-3-4-7-13(12)10-19-9-5-8-14(19)15-17-16-11-18(15)2/h11-14H,3-10H2,1-2H3/t12-,13-,14+/m1/s1. The number of hydrogen-bond acceptors (Lipinski definition) is 3. The van der Waals surface area contributed by atoms with Crippen molar-refractivity contribution in [2.45, 2.75) is 51.5 Å². The molecule has 0 radical (unpaired) electrons. The Morgan fingerprint density at radius 1 is 1.21 bits per heavy atom. The van der Waals surface area contributed by atoms with Crippen LogP contribution in [0, 0.1) is 11.8 Å². The summed E-state index contributed by atoms with van der Waals surface area (Å²) in [6, 6.07) is 0.502. The Morgan fingerprint density at radius 2 is 2.05 bits per heavy atom. The molecule has 2 aliphatic rings. The first-order valence-corrected chi connectivity index (χ1v) is 7.83. The van der Waals surface area contributed by atoms with Crippen LogP contribution < -0.4 is 0 Å². The number of likely N-dealkylation sites (tertiary alicyclic amines) is 1. The Balaban J connectivity index is 1.68. The van der Waals surface area contributed by atoms with Gasteiger partial charge >= 0.3 is 0 Å². The lowest BCUT2D eigenvalue weighted by Gasteiger charge is -2.34. The highest BCUT2D eigenvalue weighted by molar-refractivity contribution is 4.99. The summed E-state index contributed by atoms with van der Waals surface area (Å²) in [5, 5.41) is 8.38. The van der Waals surface area contributed by atoms with E-state index >= 15 is 0 Å². The van der Waals surface area contributed by atoms with E-state index in [0.717, 1.165) is 17.7 Å². The van der Waals surface area contributed by atoms with Crippen LogP contribution in [0.5, 0.6) is 0 Å². The molecule has 106 valence electrons. The zero-order valence-electron chi connectivity index (χ0n) is 12.3. The van der Waals surface area contributed by atoms with Crippen LogP contribution in [0.2, 0.25) is 0 Å². The van der Waals surface area contributed by atoms with Gasteiger partial charge in [0.1, 0.15) is 12.2 Å². The van der Waals surface area contributed by atoms with Gasteiger partial charge in [0.25, 0.3) is 0 Å². The van der Waals surface area contributed by atoms with E-state index in [-0.39, 0.29) is 0 Å². The van der Waals surface area contributed by atoms with Gasteiger partial charge in [0.15, 0.2) is 0 Å². The summed E-state index contributed by atoms with van der Waals surface area (Å²) in [5.74, 6) is 2.94. The largest absolute Gasteiger partial charge is 0.319 e. The van der Waals surface area contributed by atoms with Gasteiger partial charge < -0.3 is 4.57 Å². The third-order valence-corrected chi connectivity index (χ3v) is 5.17. The fourth-order valence-electron chi connectivity index (χ4n) is 3.90. The van der Waals surface area contributed by atoms with Crippen molar-refractivity contribution in [2.75, 3.05) is 13.1 Å². The average Bonchev–Trinajstić information content (AvgIpc) is 3.01. The Kier molecular flexibility index (Phi) is 3.87. The van der Waals surface area contributed by atoms with E-state index in [4.69, 9.17) is 0 Å². The van der Waals surface area contributed by atoms with Gasteiger partial charge in [0.2, 0.25) is 0 Å². The molecule has 0 unspecified atom stereocenters. The summed E-state index contributed by atoms with van der Waals surface area (Å²) in [6.07, 6.45) is 10.1. The minimum atomic E-state index is 0.502. The summed E-state index contributed by atoms with van der Waals surface area (Å²) >= 11 is 0. The fourth-order valence-corrected chi connectivity index (χ4v) is 3.90. The quantitative estimate of drug-likeness (QED) is 0.840. The summed E-state index contributed by atoms with van der Waals surface area (Å²) in [4.78, 5) is 2.66. The van der Waals surface area contributed by atoms with Crippen molar-refractivity contribution in [3.63, 3.8) is 0 Å². The second-order valence-electron chi connectivity index (χ2n) is 6.47. The van der Waals surface area contributed by atoms with Crippen molar-refractivity contribution in [3.8, 4) is 0 Å². The van der Waals surface area contributed by atoms with Crippen LogP contribution in [0.25, 0.3) is 0 Å². The molecule has 2 heterocycles. The molecule has 2 fully saturated rings. The third-order valence-electron chi connectivity index (χ3n) is 5.17. The van der Waals surface area contributed by atoms with Crippen molar-refractivity contribution < 1.29 is 0 Å². The van der Waals surface area contributed by atoms with Crippen molar-refractivity contribution in [3.05, 3.63) is 12.2 Å². The fraction of sp³-hybridized carbons (Fsp3) is 0.867. The monoisotopic (exact) mass is 262 g/mol. The van der Waals surface area contributed by atoms with Gasteiger partial charge in [-0.3, -0.25) is 4.90 Å². The molecule has 19 heavy (non-hydrogen) atoms. The molecule has 0 spiro atoms. The summed E-state index contributed by atoms with van der Waals surface area (Å²) in [6.45, 7) is 4.94. The van der Waals surface area contributed by atoms with Crippen molar-refractivity contribution >= 4 is 0 Å². The van der Waals surface area contributed by atoms with E-state index in [9.17, 15) is 0 Å². The smallest absolute Gasteiger partial charge is 0.149 e. The molecule has 0 amide bonds. The van der Waals surface area contributed by atoms with Crippen molar-refractivity contribution in [2.24, 2.45) is 18.9 Å². The summed E-state index contributed by atoms with van der Waals surface area (Å²) in [5.41, 5.74) is 0. The molecular formula is C15H26N4. The van der Waals surface area contributed by atoms with Crippen LogP contribution in [0.1, 0.15) is 57.3 Å². The lowest BCUT2D eigenvalue weighted by atomic mass is 9.80. The average molecular weight is 262 g/mol. The predicted octanol–water partition coefficient (Wildman–Crippen LogP) is 2.78. The zero-order chi connectivity index (χ0) is 13.2. The molecule has 1 aromatic heterocycles. The molecule has 4 heteroatoms. The Hall–Kier alpha value is -0.900. The van der Waals surface area contributed by atoms with Crippen LogP contribution in [0.4, 0.5) is 0 Å². The van der Waals surface area contributed by atoms with Crippen LogP contribution in [-0.4, -0.2) is 32.8 Å². The Labute approximate surface area is 116 Å². The zero-order valence-corrected chi connectivity index (χ0v) is 12.3. The molecular weight excluding hydrogens is 236 g/mol. The number of aromatic nitrogens is 3. The highest BCUT2D eigenvalue weighted by atomic mass is 15.3. The Morgan fingerprint density at radius 3 is 2.79 bits per heavy atom. The van der Waals surface area contributed by atoms with Gasteiger partial charge in [0.05, 0.1) is 6.04 Å². The van der Waals surface area contributed by atoms with Crippen LogP contribution in [0.15, 0.2) is 6.33 Å². The number of nitrogens with zero attached hydrogens (tertiary/aromatic N) is 4. The summed E-state index contributed by atoms with van der Waals surface area (Å²) in [7, 11) is 2.06. The predicted molar refractivity (Wildman–Crippen MR) is 75.7 cm³/mol. The van der Waals surface area contributed by atoms with E-state index in [1.807, 2.05) is 6.33 Å². The number of aryl methyl sites for hydroxylation is 1. The molecule has 0 bridgehead atoms. The molecule has 4 nitrogen and oxygen atoms in total. The second kappa shape index (κ2) is 5.61. The maximum Gasteiger partial charge on any atom is 0.149 e. The van der Waals surface area contributed by atoms with Gasteiger partial charge in [-0.2, -0.15) is 0 Å². The third kappa shape index (κ3) is 2.69. The molecule has 3 rings (SSSR count). The van der Waals surface area contributed by atoms with Crippen LogP contribution in [-0.2, 0) is 7.05 Å². The molecule has 0 N–H and O–H groups in total. The van der Waals surface area contributed by atoms with E-state index in [1.54, 1.807) is 0 Å². The van der Waals surface area contributed by atoms with Gasteiger partial charge in [-0.25, -0.2) is 0 Å². The minimum absolute atomic E-state index is 0.502. The highest BCUT2D eigenvalue weighted by Gasteiger charge is 2.32. The lowest BCUT2D eigenvalue weighted by molar-refractivity contribution is 0.146. The van der Waals surface area contributed by atoms with E-state index in [2.05, 4.69) is 33.6 Å². The van der Waals surface area contributed by atoms with Crippen molar-refractivity contribution in [1.29, 1.82) is 0 Å². The van der Waals surface area contributed by atoms with Gasteiger partial charge in [-0.15, -0.1) is 10.2 Å². The van der Waals surface area contributed by atoms with Gasteiger partial charge in [-0.05, 0) is 37.6 Å². The second-order valence-corrected chi connectivity index (χ2v) is 6.47. The number of hydrogen-bond donors (Lipinski definition) is 0. The van der Waals surface area contributed by atoms with Gasteiger partial charge in [-0.1, -0.05) is 26.2 Å². The topological polar surface area (TPSA) is 34.0 Å². The molecule has 1 saturated carbocycles. The first-order chi connectivity index (χ1) is 9.25. The maximum absolute atomic E-state index is 4.33. The van der Waals surface area contributed by atoms with E-state index < -0.39 is 0 Å². The van der Waals surface area contributed by atoms with Gasteiger partial charge in [0, 0.05) is 13.6 Å². The molecule has 1 aromatic rings. The van der Waals surface area contributed by atoms with E-state index in [0.29, 0.717) is 6.04 Å². The SMILES string of the molecule is C[C@@H]1CCCC[C@@H]1CN1CCC[C@H]1c1nncn1C.